The van der Waals surface area contributed by atoms with Crippen molar-refractivity contribution in [1.82, 2.24) is 10.6 Å². The van der Waals surface area contributed by atoms with Crippen LogP contribution in [0.2, 0.25) is 0 Å². The van der Waals surface area contributed by atoms with E-state index >= 15 is 0 Å². The average molecular weight is 383 g/mol. The molecule has 0 saturated heterocycles. The highest BCUT2D eigenvalue weighted by Gasteiger charge is 2.09. The van der Waals surface area contributed by atoms with Gasteiger partial charge in [-0.1, -0.05) is 19.1 Å². The van der Waals surface area contributed by atoms with E-state index in [1.807, 2.05) is 25.1 Å². The summed E-state index contributed by atoms with van der Waals surface area (Å²) >= 11 is 2.22. The molecule has 0 aliphatic heterocycles. The van der Waals surface area contributed by atoms with Crippen LogP contribution in [-0.4, -0.2) is 25.5 Å². The molecule has 0 heterocycles. The molecule has 0 atom stereocenters. The third kappa shape index (κ3) is 5.54. The molecular formula is C13H20ClIN2O. The summed E-state index contributed by atoms with van der Waals surface area (Å²) in [5, 5.41) is 6.17. The Hall–Kier alpha value is -0.330. The van der Waals surface area contributed by atoms with Crippen LogP contribution < -0.4 is 10.6 Å². The first-order valence-corrected chi connectivity index (χ1v) is 6.98. The summed E-state index contributed by atoms with van der Waals surface area (Å²) in [6.45, 7) is 6.63. The van der Waals surface area contributed by atoms with E-state index in [0.29, 0.717) is 6.54 Å². The first kappa shape index (κ1) is 17.7. The monoisotopic (exact) mass is 382 g/mol. The second-order valence-corrected chi connectivity index (χ2v) is 5.02. The summed E-state index contributed by atoms with van der Waals surface area (Å²) < 4.78 is 1.03. The Bertz CT molecular complexity index is 385. The second-order valence-electron chi connectivity index (χ2n) is 3.94. The minimum atomic E-state index is 0. The molecule has 0 bridgehead atoms. The van der Waals surface area contributed by atoms with Gasteiger partial charge in [0.25, 0.3) is 5.91 Å². The van der Waals surface area contributed by atoms with Crippen LogP contribution in [0.4, 0.5) is 0 Å². The van der Waals surface area contributed by atoms with E-state index in [1.54, 1.807) is 0 Å². The fraction of sp³-hybridized carbons (Fsp3) is 0.462. The van der Waals surface area contributed by atoms with Gasteiger partial charge >= 0.3 is 0 Å². The van der Waals surface area contributed by atoms with E-state index in [4.69, 9.17) is 0 Å². The number of hydrogen-bond donors (Lipinski definition) is 2. The first-order chi connectivity index (χ1) is 8.16. The number of aryl methyl sites for hydroxylation is 1. The summed E-state index contributed by atoms with van der Waals surface area (Å²) in [4.78, 5) is 11.9. The van der Waals surface area contributed by atoms with Crippen molar-refractivity contribution in [2.45, 2.75) is 20.3 Å². The predicted molar refractivity (Wildman–Crippen MR) is 86.6 cm³/mol. The number of amides is 1. The van der Waals surface area contributed by atoms with Crippen LogP contribution >= 0.6 is 35.0 Å². The molecule has 0 aromatic heterocycles. The van der Waals surface area contributed by atoms with E-state index in [0.717, 1.165) is 34.2 Å². The average Bonchev–Trinajstić information content (AvgIpc) is 2.32. The molecule has 0 aliphatic carbocycles. The molecule has 102 valence electrons. The maximum atomic E-state index is 11.9. The SMILES string of the molecule is CCCNCCNC(=O)c1cccc(C)c1I.Cl. The van der Waals surface area contributed by atoms with Gasteiger partial charge < -0.3 is 10.6 Å². The van der Waals surface area contributed by atoms with Crippen molar-refractivity contribution in [3.05, 3.63) is 32.9 Å². The molecule has 0 spiro atoms. The van der Waals surface area contributed by atoms with Crippen molar-refractivity contribution in [3.8, 4) is 0 Å². The van der Waals surface area contributed by atoms with Crippen molar-refractivity contribution in [1.29, 1.82) is 0 Å². The normalized spacial score (nSPS) is 9.72. The maximum absolute atomic E-state index is 11.9. The molecular weight excluding hydrogens is 363 g/mol. The van der Waals surface area contributed by atoms with Crippen molar-refractivity contribution in [2.24, 2.45) is 0 Å². The molecule has 0 unspecified atom stereocenters. The summed E-state index contributed by atoms with van der Waals surface area (Å²) in [6, 6.07) is 5.80. The molecule has 0 saturated carbocycles. The number of carbonyl (C=O) groups excluding carboxylic acids is 1. The summed E-state index contributed by atoms with van der Waals surface area (Å²) in [5.74, 6) is 0.0106. The lowest BCUT2D eigenvalue weighted by Gasteiger charge is -2.08. The molecule has 0 radical (unpaired) electrons. The van der Waals surface area contributed by atoms with Gasteiger partial charge in [-0.05, 0) is 54.1 Å². The summed E-state index contributed by atoms with van der Waals surface area (Å²) in [6.07, 6.45) is 1.11. The van der Waals surface area contributed by atoms with Crippen LogP contribution in [0.1, 0.15) is 29.3 Å². The topological polar surface area (TPSA) is 41.1 Å². The number of rotatable bonds is 6. The molecule has 3 nitrogen and oxygen atoms in total. The highest BCUT2D eigenvalue weighted by atomic mass is 127. The van der Waals surface area contributed by atoms with Gasteiger partial charge in [0.2, 0.25) is 0 Å². The van der Waals surface area contributed by atoms with Crippen molar-refractivity contribution >= 4 is 40.9 Å². The standard InChI is InChI=1S/C13H19IN2O.ClH/c1-3-7-15-8-9-16-13(17)11-6-4-5-10(2)12(11)14;/h4-6,15H,3,7-9H2,1-2H3,(H,16,17);1H. The predicted octanol–water partition coefficient (Wildman–Crippen LogP) is 2.75. The highest BCUT2D eigenvalue weighted by Crippen LogP contribution is 2.16. The van der Waals surface area contributed by atoms with Gasteiger partial charge in [-0.2, -0.15) is 0 Å². The number of halogens is 2. The van der Waals surface area contributed by atoms with E-state index < -0.39 is 0 Å². The van der Waals surface area contributed by atoms with Gasteiger partial charge in [-0.25, -0.2) is 0 Å². The van der Waals surface area contributed by atoms with E-state index in [9.17, 15) is 4.79 Å². The van der Waals surface area contributed by atoms with Crippen molar-refractivity contribution in [2.75, 3.05) is 19.6 Å². The van der Waals surface area contributed by atoms with E-state index in [2.05, 4.69) is 40.1 Å². The fourth-order valence-corrected chi connectivity index (χ4v) is 2.09. The molecule has 2 N–H and O–H groups in total. The van der Waals surface area contributed by atoms with Crippen LogP contribution in [0.5, 0.6) is 0 Å². The number of carbonyl (C=O) groups is 1. The molecule has 1 rings (SSSR count). The largest absolute Gasteiger partial charge is 0.351 e. The first-order valence-electron chi connectivity index (χ1n) is 5.90. The molecule has 1 amide bonds. The Morgan fingerprint density at radius 2 is 2.00 bits per heavy atom. The minimum absolute atomic E-state index is 0. The zero-order valence-electron chi connectivity index (χ0n) is 10.8. The third-order valence-electron chi connectivity index (χ3n) is 2.45. The van der Waals surface area contributed by atoms with E-state index in [1.165, 1.54) is 0 Å². The van der Waals surface area contributed by atoms with Gasteiger partial charge in [0.1, 0.15) is 0 Å². The lowest BCUT2D eigenvalue weighted by atomic mass is 10.1. The minimum Gasteiger partial charge on any atom is -0.351 e. The molecule has 5 heteroatoms. The Morgan fingerprint density at radius 1 is 1.28 bits per heavy atom. The van der Waals surface area contributed by atoms with Gasteiger partial charge in [-0.3, -0.25) is 4.79 Å². The van der Waals surface area contributed by atoms with Crippen molar-refractivity contribution in [3.63, 3.8) is 0 Å². The number of hydrogen-bond acceptors (Lipinski definition) is 2. The van der Waals surface area contributed by atoms with Crippen molar-refractivity contribution < 1.29 is 4.79 Å². The highest BCUT2D eigenvalue weighted by molar-refractivity contribution is 14.1. The number of nitrogens with one attached hydrogen (secondary N) is 2. The maximum Gasteiger partial charge on any atom is 0.252 e. The van der Waals surface area contributed by atoms with Gasteiger partial charge in [0.15, 0.2) is 0 Å². The Morgan fingerprint density at radius 3 is 2.67 bits per heavy atom. The second kappa shape index (κ2) is 9.58. The molecule has 0 fully saturated rings. The number of benzene rings is 1. The Kier molecular flexibility index (Phi) is 9.40. The lowest BCUT2D eigenvalue weighted by Crippen LogP contribution is -2.32. The van der Waals surface area contributed by atoms with Crippen LogP contribution in [0.15, 0.2) is 18.2 Å². The van der Waals surface area contributed by atoms with Crippen LogP contribution in [0, 0.1) is 10.5 Å². The summed E-state index contributed by atoms with van der Waals surface area (Å²) in [7, 11) is 0. The van der Waals surface area contributed by atoms with Crippen LogP contribution in [-0.2, 0) is 0 Å². The van der Waals surface area contributed by atoms with Gasteiger partial charge in [0, 0.05) is 16.7 Å². The fourth-order valence-electron chi connectivity index (χ4n) is 1.48. The molecule has 0 aliphatic rings. The molecule has 1 aromatic carbocycles. The van der Waals surface area contributed by atoms with E-state index in [-0.39, 0.29) is 18.3 Å². The van der Waals surface area contributed by atoms with Gasteiger partial charge in [-0.15, -0.1) is 12.4 Å². The quantitative estimate of drug-likeness (QED) is 0.587. The molecule has 18 heavy (non-hydrogen) atoms. The smallest absolute Gasteiger partial charge is 0.252 e. The Labute approximate surface area is 129 Å². The van der Waals surface area contributed by atoms with Gasteiger partial charge in [0.05, 0.1) is 5.56 Å². The zero-order chi connectivity index (χ0) is 12.7. The van der Waals surface area contributed by atoms with Crippen LogP contribution in [0.3, 0.4) is 0 Å². The lowest BCUT2D eigenvalue weighted by molar-refractivity contribution is 0.0953. The molecule has 1 aromatic rings. The summed E-state index contributed by atoms with van der Waals surface area (Å²) in [5.41, 5.74) is 1.91. The van der Waals surface area contributed by atoms with Crippen LogP contribution in [0.25, 0.3) is 0 Å². The third-order valence-corrected chi connectivity index (χ3v) is 3.88. The Balaban J connectivity index is 0.00000289. The zero-order valence-corrected chi connectivity index (χ0v) is 13.7.